The third-order valence-electron chi connectivity index (χ3n) is 3.86. The number of carbonyl (C=O) groups is 2. The average Bonchev–Trinajstić information content (AvgIpc) is 2.76. The average molecular weight is 300 g/mol. The van der Waals surface area contributed by atoms with Crippen LogP contribution in [0.3, 0.4) is 0 Å². The van der Waals surface area contributed by atoms with Gasteiger partial charge in [0.15, 0.2) is 0 Å². The summed E-state index contributed by atoms with van der Waals surface area (Å²) < 4.78 is 0. The minimum atomic E-state index is -0.238. The molecule has 1 aliphatic carbocycles. The van der Waals surface area contributed by atoms with Crippen molar-refractivity contribution in [3.05, 3.63) is 41.6 Å². The van der Waals surface area contributed by atoms with E-state index in [4.69, 9.17) is 0 Å². The van der Waals surface area contributed by atoms with E-state index in [1.54, 1.807) is 6.08 Å². The van der Waals surface area contributed by atoms with Crippen molar-refractivity contribution >= 4 is 17.9 Å². The van der Waals surface area contributed by atoms with E-state index in [-0.39, 0.29) is 17.9 Å². The lowest BCUT2D eigenvalue weighted by molar-refractivity contribution is -0.122. The lowest BCUT2D eigenvalue weighted by atomic mass is 10.1. The Hall–Kier alpha value is -2.10. The van der Waals surface area contributed by atoms with Crippen LogP contribution in [0.15, 0.2) is 36.0 Å². The lowest BCUT2D eigenvalue weighted by Gasteiger charge is -2.17. The van der Waals surface area contributed by atoms with Gasteiger partial charge in [0.05, 0.1) is 0 Å². The molecule has 0 aromatic heterocycles. The van der Waals surface area contributed by atoms with Gasteiger partial charge in [0, 0.05) is 13.0 Å². The van der Waals surface area contributed by atoms with E-state index in [2.05, 4.69) is 10.6 Å². The van der Waals surface area contributed by atoms with Crippen LogP contribution in [0.4, 0.5) is 0 Å². The molecule has 22 heavy (non-hydrogen) atoms. The number of benzene rings is 1. The predicted molar refractivity (Wildman–Crippen MR) is 87.9 cm³/mol. The summed E-state index contributed by atoms with van der Waals surface area (Å²) in [7, 11) is 0. The molecule has 1 aliphatic rings. The van der Waals surface area contributed by atoms with Crippen LogP contribution < -0.4 is 10.6 Å². The highest BCUT2D eigenvalue weighted by Gasteiger charge is 2.18. The predicted octanol–water partition coefficient (Wildman–Crippen LogP) is 3.00. The molecule has 0 unspecified atom stereocenters. The number of hydrogen-bond donors (Lipinski definition) is 2. The van der Waals surface area contributed by atoms with Crippen LogP contribution in [-0.2, 0) is 9.59 Å². The summed E-state index contributed by atoms with van der Waals surface area (Å²) in [6, 6.07) is 9.74. The first-order valence-electron chi connectivity index (χ1n) is 8.00. The Labute approximate surface area is 132 Å². The fourth-order valence-electron chi connectivity index (χ4n) is 2.75. The van der Waals surface area contributed by atoms with Crippen molar-refractivity contribution in [3.63, 3.8) is 0 Å². The van der Waals surface area contributed by atoms with E-state index < -0.39 is 0 Å². The van der Waals surface area contributed by atoms with E-state index >= 15 is 0 Å². The molecule has 0 aliphatic heterocycles. The van der Waals surface area contributed by atoms with Gasteiger partial charge in [-0.2, -0.15) is 0 Å². The van der Waals surface area contributed by atoms with Gasteiger partial charge in [-0.3, -0.25) is 9.59 Å². The highest BCUT2D eigenvalue weighted by atomic mass is 16.2. The molecule has 0 radical (unpaired) electrons. The standard InChI is InChI=1S/C18H24N2O2/c1-14(21)19-17(13-15-9-5-4-6-10-15)18(22)20-16-11-7-2-3-8-12-16/h4-6,9-10,13,16H,2-3,7-8,11-12H2,1H3,(H,19,21)(H,20,22)/b17-13-. The normalized spacial score (nSPS) is 16.7. The maximum atomic E-state index is 12.5. The van der Waals surface area contributed by atoms with Crippen LogP contribution in [-0.4, -0.2) is 17.9 Å². The second-order valence-corrected chi connectivity index (χ2v) is 5.81. The van der Waals surface area contributed by atoms with E-state index in [0.29, 0.717) is 5.70 Å². The summed E-state index contributed by atoms with van der Waals surface area (Å²) in [5, 5.41) is 5.71. The Morgan fingerprint density at radius 1 is 1.05 bits per heavy atom. The highest BCUT2D eigenvalue weighted by molar-refractivity contribution is 6.01. The van der Waals surface area contributed by atoms with Crippen molar-refractivity contribution in [2.24, 2.45) is 0 Å². The van der Waals surface area contributed by atoms with Gasteiger partial charge in [0.1, 0.15) is 5.70 Å². The Morgan fingerprint density at radius 2 is 1.68 bits per heavy atom. The maximum absolute atomic E-state index is 12.5. The molecular weight excluding hydrogens is 276 g/mol. The quantitative estimate of drug-likeness (QED) is 0.663. The zero-order chi connectivity index (χ0) is 15.8. The van der Waals surface area contributed by atoms with Crippen molar-refractivity contribution in [2.45, 2.75) is 51.5 Å². The molecule has 4 heteroatoms. The van der Waals surface area contributed by atoms with Crippen LogP contribution in [0.2, 0.25) is 0 Å². The van der Waals surface area contributed by atoms with Crippen LogP contribution in [0.1, 0.15) is 51.0 Å². The smallest absolute Gasteiger partial charge is 0.268 e. The van der Waals surface area contributed by atoms with Crippen LogP contribution >= 0.6 is 0 Å². The topological polar surface area (TPSA) is 58.2 Å². The van der Waals surface area contributed by atoms with Gasteiger partial charge in [0.2, 0.25) is 5.91 Å². The van der Waals surface area contributed by atoms with Crippen LogP contribution in [0.25, 0.3) is 6.08 Å². The van der Waals surface area contributed by atoms with Gasteiger partial charge in [-0.15, -0.1) is 0 Å². The minimum Gasteiger partial charge on any atom is -0.348 e. The third-order valence-corrected chi connectivity index (χ3v) is 3.86. The molecule has 0 atom stereocenters. The SMILES string of the molecule is CC(=O)N/C(=C\c1ccccc1)C(=O)NC1CCCCCC1. The molecule has 1 fully saturated rings. The fourth-order valence-corrected chi connectivity index (χ4v) is 2.75. The molecule has 1 aromatic rings. The van der Waals surface area contributed by atoms with Crippen molar-refractivity contribution in [1.82, 2.24) is 10.6 Å². The first-order valence-corrected chi connectivity index (χ1v) is 8.00. The van der Waals surface area contributed by atoms with Gasteiger partial charge in [-0.05, 0) is 24.5 Å². The molecule has 2 amide bonds. The summed E-state index contributed by atoms with van der Waals surface area (Å²) in [5.41, 5.74) is 1.20. The summed E-state index contributed by atoms with van der Waals surface area (Å²) in [6.45, 7) is 1.41. The van der Waals surface area contributed by atoms with Gasteiger partial charge in [-0.25, -0.2) is 0 Å². The lowest BCUT2D eigenvalue weighted by Crippen LogP contribution is -2.39. The maximum Gasteiger partial charge on any atom is 0.268 e. The number of nitrogens with one attached hydrogen (secondary N) is 2. The Kier molecular flexibility index (Phi) is 6.19. The van der Waals surface area contributed by atoms with Crippen LogP contribution in [0, 0.1) is 0 Å². The number of amides is 2. The highest BCUT2D eigenvalue weighted by Crippen LogP contribution is 2.17. The van der Waals surface area contributed by atoms with Crippen LogP contribution in [0.5, 0.6) is 0 Å². The fraction of sp³-hybridized carbons (Fsp3) is 0.444. The molecule has 4 nitrogen and oxygen atoms in total. The first kappa shape index (κ1) is 16.3. The zero-order valence-electron chi connectivity index (χ0n) is 13.1. The summed E-state index contributed by atoms with van der Waals surface area (Å²) in [6.07, 6.45) is 8.55. The Balaban J connectivity index is 2.08. The van der Waals surface area contributed by atoms with Crippen molar-refractivity contribution in [1.29, 1.82) is 0 Å². The molecule has 2 N–H and O–H groups in total. The van der Waals surface area contributed by atoms with Gasteiger partial charge in [0.25, 0.3) is 5.91 Å². The summed E-state index contributed by atoms with van der Waals surface area (Å²) >= 11 is 0. The zero-order valence-corrected chi connectivity index (χ0v) is 13.1. The van der Waals surface area contributed by atoms with Crippen molar-refractivity contribution in [3.8, 4) is 0 Å². The monoisotopic (exact) mass is 300 g/mol. The molecular formula is C18H24N2O2. The summed E-state index contributed by atoms with van der Waals surface area (Å²) in [5.74, 6) is -0.441. The Bertz CT molecular complexity index is 529. The molecule has 2 rings (SSSR count). The molecule has 118 valence electrons. The van der Waals surface area contributed by atoms with Gasteiger partial charge >= 0.3 is 0 Å². The molecule has 0 heterocycles. The number of hydrogen-bond acceptors (Lipinski definition) is 2. The molecule has 0 spiro atoms. The van der Waals surface area contributed by atoms with Gasteiger partial charge in [-0.1, -0.05) is 56.0 Å². The van der Waals surface area contributed by atoms with E-state index in [0.717, 1.165) is 31.2 Å². The molecule has 0 saturated heterocycles. The van der Waals surface area contributed by atoms with E-state index in [1.807, 2.05) is 30.3 Å². The Morgan fingerprint density at radius 3 is 2.27 bits per heavy atom. The number of carbonyl (C=O) groups excluding carboxylic acids is 2. The largest absolute Gasteiger partial charge is 0.348 e. The second-order valence-electron chi connectivity index (χ2n) is 5.81. The van der Waals surface area contributed by atoms with E-state index in [9.17, 15) is 9.59 Å². The summed E-state index contributed by atoms with van der Waals surface area (Å²) in [4.78, 5) is 23.8. The minimum absolute atomic E-state index is 0.203. The van der Waals surface area contributed by atoms with Crippen molar-refractivity contribution in [2.75, 3.05) is 0 Å². The molecule has 0 bridgehead atoms. The van der Waals surface area contributed by atoms with E-state index in [1.165, 1.54) is 19.8 Å². The van der Waals surface area contributed by atoms with Crippen molar-refractivity contribution < 1.29 is 9.59 Å². The second kappa shape index (κ2) is 8.37. The van der Waals surface area contributed by atoms with Gasteiger partial charge < -0.3 is 10.6 Å². The number of rotatable bonds is 4. The molecule has 1 aromatic carbocycles. The first-order chi connectivity index (χ1) is 10.6. The molecule has 1 saturated carbocycles. The third kappa shape index (κ3) is 5.35.